The van der Waals surface area contributed by atoms with Crippen LogP contribution in [0.3, 0.4) is 0 Å². The van der Waals surface area contributed by atoms with Gasteiger partial charge in [-0.15, -0.1) is 11.3 Å². The van der Waals surface area contributed by atoms with Crippen LogP contribution in [0.15, 0.2) is 56.9 Å². The van der Waals surface area contributed by atoms with Crippen LogP contribution in [0.1, 0.15) is 33.6 Å². The Morgan fingerprint density at radius 2 is 1.83 bits per heavy atom. The average Bonchev–Trinajstić information content (AvgIpc) is 3.26. The summed E-state index contributed by atoms with van der Waals surface area (Å²) in [6.07, 6.45) is 4.14. The van der Waals surface area contributed by atoms with Gasteiger partial charge in [0.1, 0.15) is 4.83 Å². The monoisotopic (exact) mass is 570 g/mol. The first-order chi connectivity index (χ1) is 17.0. The summed E-state index contributed by atoms with van der Waals surface area (Å²) in [7, 11) is 3.10. The molecular formula is C26H23BrN2O4S2. The Balaban J connectivity index is 1.55. The lowest BCUT2D eigenvalue weighted by atomic mass is 9.97. The number of benzene rings is 2. The Morgan fingerprint density at radius 1 is 1.09 bits per heavy atom. The van der Waals surface area contributed by atoms with Gasteiger partial charge >= 0.3 is 0 Å². The summed E-state index contributed by atoms with van der Waals surface area (Å²) >= 11 is 6.35. The Labute approximate surface area is 219 Å². The molecule has 2 heterocycles. The Bertz CT molecular complexity index is 1480. The van der Waals surface area contributed by atoms with Crippen LogP contribution in [-0.2, 0) is 12.8 Å². The predicted octanol–water partition coefficient (Wildman–Crippen LogP) is 6.08. The minimum Gasteiger partial charge on any atom is -0.493 e. The summed E-state index contributed by atoms with van der Waals surface area (Å²) in [6.45, 7) is 0. The van der Waals surface area contributed by atoms with Crippen molar-refractivity contribution in [2.24, 2.45) is 0 Å². The van der Waals surface area contributed by atoms with Crippen LogP contribution in [-0.4, -0.2) is 35.3 Å². The molecule has 1 aliphatic carbocycles. The van der Waals surface area contributed by atoms with E-state index in [1.165, 1.54) is 23.7 Å². The number of halogens is 1. The van der Waals surface area contributed by atoms with Crippen molar-refractivity contribution in [1.29, 1.82) is 0 Å². The zero-order valence-electron chi connectivity index (χ0n) is 19.3. The first-order valence-corrected chi connectivity index (χ1v) is 13.8. The first-order valence-electron chi connectivity index (χ1n) is 11.2. The molecule has 9 heteroatoms. The van der Waals surface area contributed by atoms with Crippen molar-refractivity contribution >= 4 is 55.0 Å². The van der Waals surface area contributed by atoms with Crippen LogP contribution >= 0.6 is 39.0 Å². The number of Topliss-reactive ketones (excluding diaryl/α,β-unsaturated/α-hetero) is 1. The molecule has 0 saturated carbocycles. The minimum atomic E-state index is -0.0851. The van der Waals surface area contributed by atoms with Gasteiger partial charge in [0.15, 0.2) is 22.4 Å². The zero-order chi connectivity index (χ0) is 24.5. The highest BCUT2D eigenvalue weighted by Gasteiger charge is 2.23. The number of ketones is 1. The lowest BCUT2D eigenvalue weighted by Gasteiger charge is -2.14. The van der Waals surface area contributed by atoms with Gasteiger partial charge in [0.25, 0.3) is 5.56 Å². The molecule has 6 nitrogen and oxygen atoms in total. The number of thiophene rings is 1. The maximum absolute atomic E-state index is 13.8. The molecule has 0 saturated heterocycles. The van der Waals surface area contributed by atoms with Gasteiger partial charge in [-0.05, 0) is 73.7 Å². The molecule has 35 heavy (non-hydrogen) atoms. The maximum atomic E-state index is 13.8. The van der Waals surface area contributed by atoms with Crippen LogP contribution < -0.4 is 15.0 Å². The number of hydrogen-bond donors (Lipinski definition) is 0. The van der Waals surface area contributed by atoms with Crippen LogP contribution in [0.5, 0.6) is 11.5 Å². The number of nitrogens with zero attached hydrogens (tertiary/aromatic N) is 2. The number of ether oxygens (including phenoxy) is 2. The molecule has 0 radical (unpaired) electrons. The van der Waals surface area contributed by atoms with Crippen LogP contribution in [0, 0.1) is 0 Å². The number of thioether (sulfide) groups is 1. The third-order valence-corrected chi connectivity index (χ3v) is 8.73. The van der Waals surface area contributed by atoms with Gasteiger partial charge in [0.05, 0.1) is 31.0 Å². The zero-order valence-corrected chi connectivity index (χ0v) is 22.5. The lowest BCUT2D eigenvalue weighted by Crippen LogP contribution is -2.22. The number of fused-ring (bicyclic) bond motifs is 3. The highest BCUT2D eigenvalue weighted by atomic mass is 79.9. The smallest absolute Gasteiger partial charge is 0.267 e. The van der Waals surface area contributed by atoms with E-state index in [9.17, 15) is 9.59 Å². The number of aromatic nitrogens is 2. The van der Waals surface area contributed by atoms with Crippen molar-refractivity contribution in [2.45, 2.75) is 30.8 Å². The first kappa shape index (κ1) is 24.1. The summed E-state index contributed by atoms with van der Waals surface area (Å²) in [6, 6.07) is 12.7. The van der Waals surface area contributed by atoms with Gasteiger partial charge in [-0.3, -0.25) is 14.2 Å². The molecule has 0 spiro atoms. The molecule has 0 amide bonds. The quantitative estimate of drug-likeness (QED) is 0.152. The Hall–Kier alpha value is -2.62. The molecule has 4 aromatic rings. The summed E-state index contributed by atoms with van der Waals surface area (Å²) in [5, 5.41) is 1.24. The molecule has 0 N–H and O–H groups in total. The summed E-state index contributed by atoms with van der Waals surface area (Å²) in [5.74, 6) is 1.11. The second-order valence-electron chi connectivity index (χ2n) is 8.18. The van der Waals surface area contributed by atoms with Crippen molar-refractivity contribution in [3.05, 3.63) is 73.3 Å². The van der Waals surface area contributed by atoms with E-state index in [-0.39, 0.29) is 17.1 Å². The highest BCUT2D eigenvalue weighted by molar-refractivity contribution is 9.10. The van der Waals surface area contributed by atoms with Crippen LogP contribution in [0.2, 0.25) is 0 Å². The summed E-state index contributed by atoms with van der Waals surface area (Å²) in [5.41, 5.74) is 2.32. The van der Waals surface area contributed by atoms with Gasteiger partial charge < -0.3 is 9.47 Å². The second kappa shape index (κ2) is 10.2. The molecule has 180 valence electrons. The van der Waals surface area contributed by atoms with E-state index in [0.717, 1.165) is 51.6 Å². The topological polar surface area (TPSA) is 70.4 Å². The summed E-state index contributed by atoms with van der Waals surface area (Å²) in [4.78, 5) is 33.8. The third kappa shape index (κ3) is 4.64. The number of rotatable bonds is 7. The molecule has 2 aromatic heterocycles. The number of hydrogen-bond acceptors (Lipinski definition) is 7. The van der Waals surface area contributed by atoms with Gasteiger partial charge in [-0.2, -0.15) is 0 Å². The molecule has 0 bridgehead atoms. The fraction of sp³-hybridized carbons (Fsp3) is 0.269. The predicted molar refractivity (Wildman–Crippen MR) is 144 cm³/mol. The van der Waals surface area contributed by atoms with Crippen molar-refractivity contribution < 1.29 is 14.3 Å². The molecule has 1 aliphatic rings. The van der Waals surface area contributed by atoms with Gasteiger partial charge in [0, 0.05) is 14.9 Å². The van der Waals surface area contributed by atoms with E-state index in [4.69, 9.17) is 14.5 Å². The van der Waals surface area contributed by atoms with Gasteiger partial charge in [-0.1, -0.05) is 27.7 Å². The molecular weight excluding hydrogens is 548 g/mol. The number of aryl methyl sites for hydroxylation is 2. The molecule has 0 unspecified atom stereocenters. The van der Waals surface area contributed by atoms with Crippen molar-refractivity contribution in [3.63, 3.8) is 0 Å². The van der Waals surface area contributed by atoms with E-state index >= 15 is 0 Å². The molecule has 5 rings (SSSR count). The third-order valence-electron chi connectivity index (χ3n) is 6.08. The van der Waals surface area contributed by atoms with Crippen molar-refractivity contribution in [1.82, 2.24) is 9.55 Å². The number of carbonyl (C=O) groups is 1. The normalized spacial score (nSPS) is 13.0. The minimum absolute atomic E-state index is 0.0715. The standard InChI is InChI=1S/C26H23BrN2O4S2/c1-32-20-12-7-15(13-21(20)33-2)19(30)14-34-26-28-24-23(18-5-3-4-6-22(18)35-24)25(31)29(26)17-10-8-16(27)9-11-17/h7-13H,3-6,14H2,1-2H3. The largest absolute Gasteiger partial charge is 0.493 e. The molecule has 0 fully saturated rings. The van der Waals surface area contributed by atoms with E-state index in [1.807, 2.05) is 24.3 Å². The summed E-state index contributed by atoms with van der Waals surface area (Å²) < 4.78 is 13.2. The fourth-order valence-corrected chi connectivity index (χ4v) is 6.80. The van der Waals surface area contributed by atoms with E-state index in [2.05, 4.69) is 15.9 Å². The molecule has 0 atom stereocenters. The van der Waals surface area contributed by atoms with Gasteiger partial charge in [-0.25, -0.2) is 4.98 Å². The van der Waals surface area contributed by atoms with Crippen LogP contribution in [0.25, 0.3) is 15.9 Å². The SMILES string of the molecule is COc1ccc(C(=O)CSc2nc3sc4c(c3c(=O)n2-c2ccc(Br)cc2)CCCC4)cc1OC. The maximum Gasteiger partial charge on any atom is 0.267 e. The van der Waals surface area contributed by atoms with E-state index in [0.29, 0.717) is 22.2 Å². The Kier molecular flexibility index (Phi) is 7.00. The number of methoxy groups -OCH3 is 2. The molecule has 0 aliphatic heterocycles. The number of carbonyl (C=O) groups excluding carboxylic acids is 1. The van der Waals surface area contributed by atoms with Crippen molar-refractivity contribution in [2.75, 3.05) is 20.0 Å². The Morgan fingerprint density at radius 3 is 2.57 bits per heavy atom. The van der Waals surface area contributed by atoms with Crippen LogP contribution in [0.4, 0.5) is 0 Å². The molecule has 2 aromatic carbocycles. The highest BCUT2D eigenvalue weighted by Crippen LogP contribution is 2.35. The lowest BCUT2D eigenvalue weighted by molar-refractivity contribution is 0.102. The average molecular weight is 572 g/mol. The van der Waals surface area contributed by atoms with Gasteiger partial charge in [0.2, 0.25) is 0 Å². The fourth-order valence-electron chi connectivity index (χ4n) is 4.32. The second-order valence-corrected chi connectivity index (χ2v) is 11.1. The van der Waals surface area contributed by atoms with E-state index < -0.39 is 0 Å². The van der Waals surface area contributed by atoms with Crippen molar-refractivity contribution in [3.8, 4) is 17.2 Å². The van der Waals surface area contributed by atoms with E-state index in [1.54, 1.807) is 41.2 Å².